The molecule has 1 heterocycles. The number of carbonyl (C=O) groups excluding carboxylic acids is 1. The summed E-state index contributed by atoms with van der Waals surface area (Å²) in [4.78, 5) is 20.4. The van der Waals surface area contributed by atoms with Gasteiger partial charge in [-0.3, -0.25) is 14.7 Å². The fraction of sp³-hybridized carbons (Fsp3) is 0.714. The van der Waals surface area contributed by atoms with Crippen LogP contribution < -0.4 is 0 Å². The molecule has 4 nitrogen and oxygen atoms in total. The van der Waals surface area contributed by atoms with Crippen LogP contribution in [0.25, 0.3) is 0 Å². The van der Waals surface area contributed by atoms with E-state index in [1.165, 1.54) is 0 Å². The van der Waals surface area contributed by atoms with Crippen molar-refractivity contribution >= 4 is 12.1 Å². The van der Waals surface area contributed by atoms with Crippen molar-refractivity contribution in [1.82, 2.24) is 9.80 Å². The second-order valence-electron chi connectivity index (χ2n) is 5.02. The summed E-state index contributed by atoms with van der Waals surface area (Å²) in [6, 6.07) is 0. The normalized spacial score (nSPS) is 19.3. The molecule has 0 aromatic heterocycles. The Kier molecular flexibility index (Phi) is 6.05. The molecule has 102 valence electrons. The molecule has 1 aliphatic heterocycles. The van der Waals surface area contributed by atoms with Crippen LogP contribution in [0.2, 0.25) is 0 Å². The molecule has 0 aromatic rings. The Bertz CT molecular complexity index is 334. The summed E-state index contributed by atoms with van der Waals surface area (Å²) in [6.07, 6.45) is 3.76. The van der Waals surface area contributed by atoms with E-state index >= 15 is 0 Å². The van der Waals surface area contributed by atoms with Crippen LogP contribution in [0, 0.1) is 5.92 Å². The highest BCUT2D eigenvalue weighted by molar-refractivity contribution is 5.89. The molecule has 4 heteroatoms. The van der Waals surface area contributed by atoms with Crippen molar-refractivity contribution in [2.75, 3.05) is 32.7 Å². The van der Waals surface area contributed by atoms with E-state index in [4.69, 9.17) is 0 Å². The molecule has 0 N–H and O–H groups in total. The zero-order valence-electron chi connectivity index (χ0n) is 12.0. The zero-order valence-corrected chi connectivity index (χ0v) is 12.0. The van der Waals surface area contributed by atoms with Crippen LogP contribution >= 0.6 is 0 Å². The molecule has 1 amide bonds. The molecular formula is C14H25N3O. The van der Waals surface area contributed by atoms with E-state index in [0.717, 1.165) is 31.9 Å². The Morgan fingerprint density at radius 2 is 2.17 bits per heavy atom. The molecule has 0 saturated carbocycles. The molecule has 0 spiro atoms. The van der Waals surface area contributed by atoms with Gasteiger partial charge in [-0.2, -0.15) is 0 Å². The molecule has 0 unspecified atom stereocenters. The summed E-state index contributed by atoms with van der Waals surface area (Å²) in [5.41, 5.74) is 0.922. The molecule has 0 aliphatic carbocycles. The van der Waals surface area contributed by atoms with Crippen molar-refractivity contribution in [2.45, 2.75) is 27.7 Å². The lowest BCUT2D eigenvalue weighted by Gasteiger charge is -2.35. The van der Waals surface area contributed by atoms with Crippen molar-refractivity contribution in [1.29, 1.82) is 0 Å². The number of amides is 1. The van der Waals surface area contributed by atoms with Crippen molar-refractivity contribution in [3.63, 3.8) is 0 Å². The van der Waals surface area contributed by atoms with Gasteiger partial charge in [-0.25, -0.2) is 0 Å². The number of hydrogen-bond donors (Lipinski definition) is 0. The van der Waals surface area contributed by atoms with Gasteiger partial charge in [0.1, 0.15) is 0 Å². The molecule has 0 bridgehead atoms. The van der Waals surface area contributed by atoms with Gasteiger partial charge in [-0.15, -0.1) is 0 Å². The Morgan fingerprint density at radius 1 is 1.44 bits per heavy atom. The van der Waals surface area contributed by atoms with Gasteiger partial charge in [-0.1, -0.05) is 19.9 Å². The Balaban J connectivity index is 2.61. The van der Waals surface area contributed by atoms with E-state index in [2.05, 4.69) is 23.7 Å². The lowest BCUT2D eigenvalue weighted by Crippen LogP contribution is -2.50. The molecule has 0 atom stereocenters. The predicted molar refractivity (Wildman–Crippen MR) is 75.8 cm³/mol. The van der Waals surface area contributed by atoms with Gasteiger partial charge in [0.05, 0.1) is 12.2 Å². The first kappa shape index (κ1) is 14.9. The Hall–Kier alpha value is -1.16. The zero-order chi connectivity index (χ0) is 13.5. The minimum Gasteiger partial charge on any atom is -0.309 e. The third-order valence-electron chi connectivity index (χ3n) is 2.94. The highest BCUT2D eigenvalue weighted by Crippen LogP contribution is 2.11. The SMILES string of the molecule is C/C=C(\C=N/CC)N1CCN(CC(C)C)CC1=O. The molecule has 1 aliphatic rings. The predicted octanol–water partition coefficient (Wildman–Crippen LogP) is 1.78. The second-order valence-corrected chi connectivity index (χ2v) is 5.02. The lowest BCUT2D eigenvalue weighted by molar-refractivity contribution is -0.133. The monoisotopic (exact) mass is 251 g/mol. The van der Waals surface area contributed by atoms with Gasteiger partial charge in [0.25, 0.3) is 0 Å². The summed E-state index contributed by atoms with van der Waals surface area (Å²) in [6.45, 7) is 12.3. The Labute approximate surface area is 110 Å². The van der Waals surface area contributed by atoms with Crippen molar-refractivity contribution in [3.8, 4) is 0 Å². The third-order valence-corrected chi connectivity index (χ3v) is 2.94. The van der Waals surface area contributed by atoms with E-state index in [1.807, 2.05) is 24.8 Å². The van der Waals surface area contributed by atoms with E-state index < -0.39 is 0 Å². The smallest absolute Gasteiger partial charge is 0.241 e. The molecule has 0 aromatic carbocycles. The fourth-order valence-electron chi connectivity index (χ4n) is 2.15. The number of rotatable bonds is 5. The molecule has 1 rings (SSSR count). The molecule has 1 saturated heterocycles. The van der Waals surface area contributed by atoms with Crippen LogP contribution in [0.15, 0.2) is 16.8 Å². The largest absolute Gasteiger partial charge is 0.309 e. The maximum atomic E-state index is 12.1. The lowest BCUT2D eigenvalue weighted by atomic mass is 10.2. The molecule has 0 radical (unpaired) electrons. The van der Waals surface area contributed by atoms with Gasteiger partial charge in [0, 0.05) is 32.4 Å². The fourth-order valence-corrected chi connectivity index (χ4v) is 2.15. The minimum absolute atomic E-state index is 0.178. The van der Waals surface area contributed by atoms with Gasteiger partial charge in [-0.05, 0) is 19.8 Å². The van der Waals surface area contributed by atoms with Crippen molar-refractivity contribution in [2.24, 2.45) is 10.9 Å². The van der Waals surface area contributed by atoms with E-state index in [0.29, 0.717) is 12.5 Å². The summed E-state index contributed by atoms with van der Waals surface area (Å²) in [7, 11) is 0. The van der Waals surface area contributed by atoms with Crippen LogP contribution in [0.3, 0.4) is 0 Å². The summed E-state index contributed by atoms with van der Waals surface area (Å²) >= 11 is 0. The van der Waals surface area contributed by atoms with Crippen LogP contribution in [-0.2, 0) is 4.79 Å². The topological polar surface area (TPSA) is 35.9 Å². The molecule has 1 fully saturated rings. The first-order chi connectivity index (χ1) is 8.58. The quantitative estimate of drug-likeness (QED) is 0.698. The van der Waals surface area contributed by atoms with Gasteiger partial charge >= 0.3 is 0 Å². The summed E-state index contributed by atoms with van der Waals surface area (Å²) < 4.78 is 0. The third kappa shape index (κ3) is 4.26. The van der Waals surface area contributed by atoms with Crippen LogP contribution in [-0.4, -0.2) is 54.6 Å². The van der Waals surface area contributed by atoms with Crippen LogP contribution in [0.1, 0.15) is 27.7 Å². The van der Waals surface area contributed by atoms with Gasteiger partial charge in [0.2, 0.25) is 5.91 Å². The second kappa shape index (κ2) is 7.31. The van der Waals surface area contributed by atoms with Crippen molar-refractivity contribution in [3.05, 3.63) is 11.8 Å². The first-order valence-electron chi connectivity index (χ1n) is 6.77. The number of aliphatic imine (C=N–C) groups is 1. The van der Waals surface area contributed by atoms with E-state index in [1.54, 1.807) is 6.21 Å². The minimum atomic E-state index is 0.178. The first-order valence-corrected chi connectivity index (χ1v) is 6.77. The number of allylic oxidation sites excluding steroid dienone is 2. The molecular weight excluding hydrogens is 226 g/mol. The molecule has 18 heavy (non-hydrogen) atoms. The van der Waals surface area contributed by atoms with Gasteiger partial charge in [0.15, 0.2) is 0 Å². The maximum absolute atomic E-state index is 12.1. The van der Waals surface area contributed by atoms with E-state index in [-0.39, 0.29) is 5.91 Å². The maximum Gasteiger partial charge on any atom is 0.241 e. The summed E-state index contributed by atoms with van der Waals surface area (Å²) in [5.74, 6) is 0.782. The highest BCUT2D eigenvalue weighted by atomic mass is 16.2. The highest BCUT2D eigenvalue weighted by Gasteiger charge is 2.25. The number of hydrogen-bond acceptors (Lipinski definition) is 3. The number of piperazine rings is 1. The number of nitrogens with zero attached hydrogens (tertiary/aromatic N) is 3. The van der Waals surface area contributed by atoms with Gasteiger partial charge < -0.3 is 4.90 Å². The van der Waals surface area contributed by atoms with Crippen LogP contribution in [0.4, 0.5) is 0 Å². The Morgan fingerprint density at radius 3 is 2.67 bits per heavy atom. The van der Waals surface area contributed by atoms with Crippen molar-refractivity contribution < 1.29 is 4.79 Å². The van der Waals surface area contributed by atoms with Crippen LogP contribution in [0.5, 0.6) is 0 Å². The standard InChI is InChI=1S/C14H25N3O/c1-5-13(9-15-6-2)17-8-7-16(10-12(3)4)11-14(17)18/h5,9,12H,6-8,10-11H2,1-4H3/b13-5+,15-9-. The average molecular weight is 251 g/mol. The van der Waals surface area contributed by atoms with E-state index in [9.17, 15) is 4.79 Å². The number of carbonyl (C=O) groups is 1. The summed E-state index contributed by atoms with van der Waals surface area (Å²) in [5, 5.41) is 0. The average Bonchev–Trinajstić information content (AvgIpc) is 2.31.